The average molecular weight is 316 g/mol. The molecule has 108 valence electrons. The van der Waals surface area contributed by atoms with Crippen molar-refractivity contribution < 1.29 is 8.42 Å². The highest BCUT2D eigenvalue weighted by atomic mass is 35.5. The van der Waals surface area contributed by atoms with Gasteiger partial charge in [-0.05, 0) is 19.4 Å². The van der Waals surface area contributed by atoms with Gasteiger partial charge in [0.15, 0.2) is 0 Å². The van der Waals surface area contributed by atoms with Crippen molar-refractivity contribution in [2.45, 2.75) is 30.8 Å². The Morgan fingerprint density at radius 2 is 2.20 bits per heavy atom. The van der Waals surface area contributed by atoms with Crippen LogP contribution in [0.15, 0.2) is 36.0 Å². The molecule has 2 aromatic heterocycles. The molecule has 0 unspecified atom stereocenters. The largest absolute Gasteiger partial charge is 0.262 e. The smallest absolute Gasteiger partial charge is 0.242 e. The fourth-order valence-corrected chi connectivity index (χ4v) is 3.11. The van der Waals surface area contributed by atoms with E-state index in [-0.39, 0.29) is 16.0 Å². The van der Waals surface area contributed by atoms with Crippen molar-refractivity contribution in [3.63, 3.8) is 0 Å². The number of nitrogens with one attached hydrogen (secondary N) is 1. The van der Waals surface area contributed by atoms with Crippen molar-refractivity contribution in [2.24, 2.45) is 0 Å². The predicted octanol–water partition coefficient (Wildman–Crippen LogP) is 1.08. The van der Waals surface area contributed by atoms with Gasteiger partial charge in [-0.1, -0.05) is 11.6 Å². The summed E-state index contributed by atoms with van der Waals surface area (Å²) in [6, 6.07) is 1.12. The minimum Gasteiger partial charge on any atom is -0.262 e. The molecule has 0 saturated heterocycles. The maximum atomic E-state index is 12.1. The van der Waals surface area contributed by atoms with Crippen LogP contribution in [0.1, 0.15) is 13.3 Å². The van der Waals surface area contributed by atoms with Crippen molar-refractivity contribution in [1.82, 2.24) is 24.5 Å². The molecule has 9 heteroatoms. The second-order valence-corrected chi connectivity index (χ2v) is 6.46. The monoisotopic (exact) mass is 315 g/mol. The van der Waals surface area contributed by atoms with Gasteiger partial charge in [-0.15, -0.1) is 0 Å². The zero-order chi connectivity index (χ0) is 14.6. The van der Waals surface area contributed by atoms with Gasteiger partial charge in [0, 0.05) is 25.0 Å². The number of hydrogen-bond acceptors (Lipinski definition) is 5. The van der Waals surface area contributed by atoms with Gasteiger partial charge in [0.05, 0.1) is 5.02 Å². The molecule has 0 amide bonds. The molecule has 2 rings (SSSR count). The fourth-order valence-electron chi connectivity index (χ4n) is 1.61. The van der Waals surface area contributed by atoms with E-state index >= 15 is 0 Å². The average Bonchev–Trinajstić information content (AvgIpc) is 2.89. The van der Waals surface area contributed by atoms with E-state index in [1.165, 1.54) is 24.8 Å². The molecule has 0 bridgehead atoms. The molecule has 20 heavy (non-hydrogen) atoms. The van der Waals surface area contributed by atoms with E-state index < -0.39 is 10.0 Å². The molecule has 2 aromatic rings. The lowest BCUT2D eigenvalue weighted by molar-refractivity contribution is 0.494. The molecule has 2 heterocycles. The highest BCUT2D eigenvalue weighted by molar-refractivity contribution is 7.89. The molecule has 7 nitrogen and oxygen atoms in total. The second-order valence-electron chi connectivity index (χ2n) is 4.31. The Bertz CT molecular complexity index is 659. The van der Waals surface area contributed by atoms with Gasteiger partial charge < -0.3 is 0 Å². The van der Waals surface area contributed by atoms with Gasteiger partial charge in [-0.25, -0.2) is 18.1 Å². The number of aryl methyl sites for hydroxylation is 1. The Kier molecular flexibility index (Phi) is 4.69. The van der Waals surface area contributed by atoms with Crippen molar-refractivity contribution in [1.29, 1.82) is 0 Å². The number of pyridine rings is 1. The first kappa shape index (κ1) is 14.9. The summed E-state index contributed by atoms with van der Waals surface area (Å²) in [5, 5.41) is 4.24. The zero-order valence-corrected chi connectivity index (χ0v) is 12.3. The summed E-state index contributed by atoms with van der Waals surface area (Å²) in [7, 11) is -3.62. The predicted molar refractivity (Wildman–Crippen MR) is 73.7 cm³/mol. The maximum Gasteiger partial charge on any atom is 0.242 e. The van der Waals surface area contributed by atoms with E-state index in [0.717, 1.165) is 0 Å². The molecule has 1 atom stereocenters. The first-order valence-corrected chi connectivity index (χ1v) is 7.79. The quantitative estimate of drug-likeness (QED) is 0.861. The number of nitrogens with zero attached hydrogens (tertiary/aromatic N) is 4. The summed E-state index contributed by atoms with van der Waals surface area (Å²) in [4.78, 5) is 7.65. The lowest BCUT2D eigenvalue weighted by Crippen LogP contribution is -2.33. The number of hydrogen-bond donors (Lipinski definition) is 1. The third-order valence-electron chi connectivity index (χ3n) is 2.60. The number of sulfonamides is 1. The third-order valence-corrected chi connectivity index (χ3v) is 4.37. The van der Waals surface area contributed by atoms with Crippen molar-refractivity contribution in [3.05, 3.63) is 36.1 Å². The van der Waals surface area contributed by atoms with Crippen LogP contribution in [0.25, 0.3) is 0 Å². The van der Waals surface area contributed by atoms with Gasteiger partial charge in [0.1, 0.15) is 17.6 Å². The van der Waals surface area contributed by atoms with Crippen LogP contribution >= 0.6 is 11.6 Å². The molecule has 0 saturated carbocycles. The van der Waals surface area contributed by atoms with Gasteiger partial charge in [-0.3, -0.25) is 9.67 Å². The summed E-state index contributed by atoms with van der Waals surface area (Å²) >= 11 is 5.74. The number of rotatable bonds is 6. The van der Waals surface area contributed by atoms with E-state index in [9.17, 15) is 8.42 Å². The topological polar surface area (TPSA) is 89.8 Å². The Hall–Kier alpha value is -1.51. The molecule has 0 radical (unpaired) electrons. The van der Waals surface area contributed by atoms with Crippen LogP contribution in [0.3, 0.4) is 0 Å². The van der Waals surface area contributed by atoms with Crippen LogP contribution in [0.4, 0.5) is 0 Å². The Balaban J connectivity index is 1.97. The maximum absolute atomic E-state index is 12.1. The van der Waals surface area contributed by atoms with Gasteiger partial charge in [0.25, 0.3) is 0 Å². The summed E-state index contributed by atoms with van der Waals surface area (Å²) in [5.74, 6) is 0. The second kappa shape index (κ2) is 6.29. The van der Waals surface area contributed by atoms with E-state index in [1.54, 1.807) is 17.9 Å². The Morgan fingerprint density at radius 1 is 1.40 bits per heavy atom. The van der Waals surface area contributed by atoms with E-state index in [0.29, 0.717) is 13.0 Å². The highest BCUT2D eigenvalue weighted by Gasteiger charge is 2.18. The van der Waals surface area contributed by atoms with Crippen molar-refractivity contribution in [3.8, 4) is 0 Å². The lowest BCUT2D eigenvalue weighted by Gasteiger charge is -2.14. The van der Waals surface area contributed by atoms with Crippen LogP contribution in [-0.4, -0.2) is 34.2 Å². The molecule has 0 aliphatic carbocycles. The van der Waals surface area contributed by atoms with Gasteiger partial charge in [-0.2, -0.15) is 5.10 Å². The van der Waals surface area contributed by atoms with Crippen molar-refractivity contribution in [2.75, 3.05) is 0 Å². The standard InChI is InChI=1S/C11H14ClN5O2S/c1-9(2-3-17-8-14-7-15-17)16-20(18,19)11-4-10(12)5-13-6-11/h4-9,16H,2-3H2,1H3/t9-/m1/s1. The summed E-state index contributed by atoms with van der Waals surface area (Å²) in [6.07, 6.45) is 6.26. The summed E-state index contributed by atoms with van der Waals surface area (Å²) in [5.41, 5.74) is 0. The van der Waals surface area contributed by atoms with Crippen molar-refractivity contribution >= 4 is 21.6 Å². The van der Waals surface area contributed by atoms with Crippen LogP contribution in [0, 0.1) is 0 Å². The Labute approximate surface area is 122 Å². The first-order valence-electron chi connectivity index (χ1n) is 5.92. The molecular weight excluding hydrogens is 302 g/mol. The molecule has 0 aliphatic rings. The molecule has 1 N–H and O–H groups in total. The van der Waals surface area contributed by atoms with Crippen LogP contribution in [0.5, 0.6) is 0 Å². The molecule has 0 fully saturated rings. The van der Waals surface area contributed by atoms with Crippen LogP contribution < -0.4 is 4.72 Å². The first-order chi connectivity index (χ1) is 9.47. The number of aromatic nitrogens is 4. The van der Waals surface area contributed by atoms with Gasteiger partial charge in [0.2, 0.25) is 10.0 Å². The van der Waals surface area contributed by atoms with E-state index in [1.807, 2.05) is 0 Å². The molecule has 0 aliphatic heterocycles. The number of halogens is 1. The minimum absolute atomic E-state index is 0.0533. The third kappa shape index (κ3) is 3.99. The molecular formula is C11H14ClN5O2S. The zero-order valence-electron chi connectivity index (χ0n) is 10.8. The summed E-state index contributed by atoms with van der Waals surface area (Å²) in [6.45, 7) is 2.37. The Morgan fingerprint density at radius 3 is 2.85 bits per heavy atom. The van der Waals surface area contributed by atoms with Crippen LogP contribution in [-0.2, 0) is 16.6 Å². The fraction of sp³-hybridized carbons (Fsp3) is 0.364. The van der Waals surface area contributed by atoms with Crippen LogP contribution in [0.2, 0.25) is 5.02 Å². The van der Waals surface area contributed by atoms with E-state index in [4.69, 9.17) is 11.6 Å². The van der Waals surface area contributed by atoms with Gasteiger partial charge >= 0.3 is 0 Å². The lowest BCUT2D eigenvalue weighted by atomic mass is 10.2. The SMILES string of the molecule is C[C@H](CCn1cncn1)NS(=O)(=O)c1cncc(Cl)c1. The summed E-state index contributed by atoms with van der Waals surface area (Å²) < 4.78 is 28.4. The molecule has 0 spiro atoms. The molecule has 0 aromatic carbocycles. The minimum atomic E-state index is -3.62. The highest BCUT2D eigenvalue weighted by Crippen LogP contribution is 2.14. The normalized spacial score (nSPS) is 13.3. The van der Waals surface area contributed by atoms with E-state index in [2.05, 4.69) is 19.8 Å².